The van der Waals surface area contributed by atoms with Gasteiger partial charge in [0.2, 0.25) is 0 Å². The lowest BCUT2D eigenvalue weighted by atomic mass is 9.91. The molecular formula is C12H13NO3. The Bertz CT molecular complexity index is 532. The second-order valence-electron chi connectivity index (χ2n) is 3.77. The molecule has 3 N–H and O–H groups in total. The van der Waals surface area contributed by atoms with Crippen molar-refractivity contribution in [2.45, 2.75) is 18.9 Å². The molecule has 0 radical (unpaired) electrons. The van der Waals surface area contributed by atoms with Crippen LogP contribution in [0.2, 0.25) is 0 Å². The Balaban J connectivity index is 2.67. The van der Waals surface area contributed by atoms with Gasteiger partial charge in [0.25, 0.3) is 0 Å². The Morgan fingerprint density at radius 3 is 2.75 bits per heavy atom. The van der Waals surface area contributed by atoms with E-state index < -0.39 is 11.6 Å². The van der Waals surface area contributed by atoms with Crippen LogP contribution >= 0.6 is 0 Å². The van der Waals surface area contributed by atoms with Crippen LogP contribution in [0.25, 0.3) is 10.9 Å². The topological polar surface area (TPSA) is 73.3 Å². The fourth-order valence-electron chi connectivity index (χ4n) is 1.87. The fourth-order valence-corrected chi connectivity index (χ4v) is 1.87. The van der Waals surface area contributed by atoms with Gasteiger partial charge in [-0.15, -0.1) is 0 Å². The molecule has 0 amide bonds. The number of carbonyl (C=O) groups is 1. The maximum absolute atomic E-state index is 11.1. The van der Waals surface area contributed by atoms with Gasteiger partial charge < -0.3 is 15.2 Å². The largest absolute Gasteiger partial charge is 0.479 e. The molecule has 1 atom stereocenters. The number of rotatable bonds is 3. The number of para-hydroxylation sites is 1. The van der Waals surface area contributed by atoms with E-state index in [0.717, 1.165) is 10.9 Å². The summed E-state index contributed by atoms with van der Waals surface area (Å²) in [6.45, 7) is 1.65. The molecule has 0 fully saturated rings. The highest BCUT2D eigenvalue weighted by Gasteiger charge is 2.37. The van der Waals surface area contributed by atoms with Crippen molar-refractivity contribution in [3.8, 4) is 0 Å². The quantitative estimate of drug-likeness (QED) is 0.737. The molecular weight excluding hydrogens is 206 g/mol. The predicted molar refractivity (Wildman–Crippen MR) is 60.1 cm³/mol. The van der Waals surface area contributed by atoms with Gasteiger partial charge in [0.05, 0.1) is 0 Å². The van der Waals surface area contributed by atoms with Gasteiger partial charge in [-0.2, -0.15) is 0 Å². The van der Waals surface area contributed by atoms with Crippen molar-refractivity contribution in [2.24, 2.45) is 0 Å². The van der Waals surface area contributed by atoms with Crippen molar-refractivity contribution in [3.05, 3.63) is 36.0 Å². The summed E-state index contributed by atoms with van der Waals surface area (Å²) in [6, 6.07) is 7.31. The molecule has 2 rings (SSSR count). The summed E-state index contributed by atoms with van der Waals surface area (Å²) in [5.74, 6) is -1.22. The Hall–Kier alpha value is -1.81. The van der Waals surface area contributed by atoms with E-state index in [-0.39, 0.29) is 6.42 Å². The van der Waals surface area contributed by atoms with E-state index in [1.807, 2.05) is 18.2 Å². The van der Waals surface area contributed by atoms with Crippen LogP contribution in [0.3, 0.4) is 0 Å². The number of hydrogen-bond donors (Lipinski definition) is 3. The van der Waals surface area contributed by atoms with Crippen molar-refractivity contribution in [3.63, 3.8) is 0 Å². The number of aliphatic carboxylic acids is 1. The normalized spacial score (nSPS) is 14.9. The van der Waals surface area contributed by atoms with Crippen molar-refractivity contribution in [1.29, 1.82) is 0 Å². The number of benzene rings is 1. The second kappa shape index (κ2) is 3.64. The molecule has 0 bridgehead atoms. The van der Waals surface area contributed by atoms with Crippen molar-refractivity contribution < 1.29 is 15.0 Å². The minimum absolute atomic E-state index is 0.129. The lowest BCUT2D eigenvalue weighted by Crippen LogP contribution is -2.34. The molecule has 1 aromatic carbocycles. The number of fused-ring (bicyclic) bond motifs is 1. The lowest BCUT2D eigenvalue weighted by Gasteiger charge is -2.20. The number of hydrogen-bond acceptors (Lipinski definition) is 2. The van der Waals surface area contributed by atoms with Crippen LogP contribution in [0.15, 0.2) is 30.5 Å². The summed E-state index contributed by atoms with van der Waals surface area (Å²) < 4.78 is 0. The van der Waals surface area contributed by atoms with Gasteiger partial charge in [0.1, 0.15) is 0 Å². The minimum Gasteiger partial charge on any atom is -0.479 e. The molecule has 1 aromatic heterocycles. The van der Waals surface area contributed by atoms with Crippen LogP contribution in [0.5, 0.6) is 0 Å². The first kappa shape index (κ1) is 10.7. The molecule has 0 spiro atoms. The summed E-state index contributed by atoms with van der Waals surface area (Å²) in [5.41, 5.74) is -0.580. The average molecular weight is 219 g/mol. The smallest absolute Gasteiger partial charge is 0.340 e. The van der Waals surface area contributed by atoms with Gasteiger partial charge in [0, 0.05) is 22.7 Å². The zero-order valence-electron chi connectivity index (χ0n) is 8.90. The third-order valence-corrected chi connectivity index (χ3v) is 2.90. The van der Waals surface area contributed by atoms with Crippen molar-refractivity contribution >= 4 is 16.9 Å². The third-order valence-electron chi connectivity index (χ3n) is 2.90. The van der Waals surface area contributed by atoms with Crippen molar-refractivity contribution in [1.82, 2.24) is 4.98 Å². The van der Waals surface area contributed by atoms with Gasteiger partial charge in [0.15, 0.2) is 5.60 Å². The molecule has 1 heterocycles. The summed E-state index contributed by atoms with van der Waals surface area (Å²) in [7, 11) is 0. The molecule has 0 aliphatic rings. The summed E-state index contributed by atoms with van der Waals surface area (Å²) in [6.07, 6.45) is 1.69. The van der Waals surface area contributed by atoms with Crippen LogP contribution in [-0.2, 0) is 10.4 Å². The minimum atomic E-state index is -1.82. The lowest BCUT2D eigenvalue weighted by molar-refractivity contribution is -0.159. The van der Waals surface area contributed by atoms with E-state index in [2.05, 4.69) is 4.98 Å². The highest BCUT2D eigenvalue weighted by molar-refractivity contribution is 5.90. The van der Waals surface area contributed by atoms with E-state index >= 15 is 0 Å². The van der Waals surface area contributed by atoms with E-state index in [0.29, 0.717) is 5.56 Å². The van der Waals surface area contributed by atoms with Crippen LogP contribution in [0.1, 0.15) is 18.9 Å². The molecule has 4 heteroatoms. The van der Waals surface area contributed by atoms with Gasteiger partial charge in [-0.05, 0) is 12.5 Å². The number of aliphatic hydroxyl groups is 1. The first-order valence-corrected chi connectivity index (χ1v) is 5.12. The van der Waals surface area contributed by atoms with Crippen LogP contribution < -0.4 is 0 Å². The number of aromatic nitrogens is 1. The molecule has 0 saturated heterocycles. The molecule has 1 unspecified atom stereocenters. The first-order valence-electron chi connectivity index (χ1n) is 5.12. The molecule has 2 aromatic rings. The van der Waals surface area contributed by atoms with Crippen LogP contribution in [-0.4, -0.2) is 21.2 Å². The average Bonchev–Trinajstić information content (AvgIpc) is 2.72. The SMILES string of the molecule is CCC(O)(C(=O)O)c1c[nH]c2ccccc12. The molecule has 0 aliphatic carbocycles. The fraction of sp³-hybridized carbons (Fsp3) is 0.250. The van der Waals surface area contributed by atoms with Crippen molar-refractivity contribution in [2.75, 3.05) is 0 Å². The summed E-state index contributed by atoms with van der Waals surface area (Å²) >= 11 is 0. The predicted octanol–water partition coefficient (Wildman–Crippen LogP) is 1.85. The highest BCUT2D eigenvalue weighted by Crippen LogP contribution is 2.31. The number of carboxylic acids is 1. The molecule has 16 heavy (non-hydrogen) atoms. The summed E-state index contributed by atoms with van der Waals surface area (Å²) in [5, 5.41) is 20.0. The number of H-pyrrole nitrogens is 1. The van der Waals surface area contributed by atoms with Gasteiger partial charge in [-0.25, -0.2) is 4.79 Å². The third kappa shape index (κ3) is 1.39. The Morgan fingerprint density at radius 2 is 2.12 bits per heavy atom. The number of carboxylic acid groups (broad SMARTS) is 1. The zero-order chi connectivity index (χ0) is 11.8. The standard InChI is InChI=1S/C12H13NO3/c1-2-12(16,11(14)15)9-7-13-10-6-4-3-5-8(9)10/h3-7,13,16H,2H2,1H3,(H,14,15). The molecule has 84 valence electrons. The molecule has 0 aliphatic heterocycles. The highest BCUT2D eigenvalue weighted by atomic mass is 16.4. The van der Waals surface area contributed by atoms with Crippen LogP contribution in [0, 0.1) is 0 Å². The maximum atomic E-state index is 11.1. The monoisotopic (exact) mass is 219 g/mol. The Morgan fingerprint density at radius 1 is 1.44 bits per heavy atom. The van der Waals surface area contributed by atoms with E-state index in [1.165, 1.54) is 0 Å². The Kier molecular flexibility index (Phi) is 2.44. The van der Waals surface area contributed by atoms with Gasteiger partial charge in [-0.1, -0.05) is 25.1 Å². The van der Waals surface area contributed by atoms with Crippen LogP contribution in [0.4, 0.5) is 0 Å². The van der Waals surface area contributed by atoms with Gasteiger partial charge >= 0.3 is 5.97 Å². The maximum Gasteiger partial charge on any atom is 0.340 e. The molecule has 4 nitrogen and oxygen atoms in total. The van der Waals surface area contributed by atoms with E-state index in [4.69, 9.17) is 5.11 Å². The Labute approximate surface area is 92.5 Å². The van der Waals surface area contributed by atoms with E-state index in [9.17, 15) is 9.90 Å². The first-order chi connectivity index (χ1) is 7.59. The van der Waals surface area contributed by atoms with E-state index in [1.54, 1.807) is 19.2 Å². The number of nitrogens with one attached hydrogen (secondary N) is 1. The van der Waals surface area contributed by atoms with Gasteiger partial charge in [-0.3, -0.25) is 0 Å². The number of aromatic amines is 1. The summed E-state index contributed by atoms with van der Waals surface area (Å²) in [4.78, 5) is 14.1. The zero-order valence-corrected chi connectivity index (χ0v) is 8.90. The molecule has 0 saturated carbocycles. The second-order valence-corrected chi connectivity index (χ2v) is 3.77.